The number of nitrogens with zero attached hydrogens (tertiary/aromatic N) is 1. The minimum absolute atomic E-state index is 0.203. The van der Waals surface area contributed by atoms with Crippen LogP contribution in [-0.4, -0.2) is 35.6 Å². The predicted octanol–water partition coefficient (Wildman–Crippen LogP) is 4.40. The number of carboxylic acid groups (broad SMARTS) is 1. The summed E-state index contributed by atoms with van der Waals surface area (Å²) < 4.78 is 0. The normalized spacial score (nSPS) is 19.7. The molecule has 1 aliphatic carbocycles. The molecule has 2 aromatic rings. The Morgan fingerprint density at radius 1 is 1.04 bits per heavy atom. The summed E-state index contributed by atoms with van der Waals surface area (Å²) in [4.78, 5) is 13.6. The van der Waals surface area contributed by atoms with Crippen LogP contribution in [0.4, 0.5) is 0 Å². The van der Waals surface area contributed by atoms with Crippen molar-refractivity contribution < 1.29 is 9.90 Å². The molecular formula is C24H27NO2. The number of carboxylic acids is 1. The molecule has 3 heteroatoms. The van der Waals surface area contributed by atoms with Crippen molar-refractivity contribution in [2.45, 2.75) is 32.1 Å². The molecule has 140 valence electrons. The van der Waals surface area contributed by atoms with Gasteiger partial charge in [-0.1, -0.05) is 54.6 Å². The minimum Gasteiger partial charge on any atom is -0.481 e. The highest BCUT2D eigenvalue weighted by Gasteiger charge is 2.25. The van der Waals surface area contributed by atoms with E-state index in [-0.39, 0.29) is 5.92 Å². The molecule has 4 rings (SSSR count). The molecule has 0 aromatic heterocycles. The maximum absolute atomic E-state index is 11.3. The van der Waals surface area contributed by atoms with Crippen LogP contribution in [0.2, 0.25) is 0 Å². The molecule has 1 saturated heterocycles. The Morgan fingerprint density at radius 3 is 2.30 bits per heavy atom. The van der Waals surface area contributed by atoms with Crippen LogP contribution in [0.5, 0.6) is 0 Å². The highest BCUT2D eigenvalue weighted by Crippen LogP contribution is 2.33. The molecule has 1 unspecified atom stereocenters. The van der Waals surface area contributed by atoms with Crippen molar-refractivity contribution >= 4 is 11.5 Å². The Morgan fingerprint density at radius 2 is 1.67 bits per heavy atom. The molecule has 0 bridgehead atoms. The number of hydrogen-bond acceptors (Lipinski definition) is 2. The van der Waals surface area contributed by atoms with Crippen molar-refractivity contribution in [1.82, 2.24) is 4.90 Å². The van der Waals surface area contributed by atoms with E-state index in [2.05, 4.69) is 59.5 Å². The van der Waals surface area contributed by atoms with Crippen molar-refractivity contribution in [3.63, 3.8) is 0 Å². The van der Waals surface area contributed by atoms with Gasteiger partial charge in [0.1, 0.15) is 0 Å². The largest absolute Gasteiger partial charge is 0.481 e. The lowest BCUT2D eigenvalue weighted by atomic mass is 9.93. The van der Waals surface area contributed by atoms with Crippen molar-refractivity contribution in [2.24, 2.45) is 5.92 Å². The number of aryl methyl sites for hydroxylation is 2. The number of aliphatic carboxylic acids is 1. The molecule has 0 spiro atoms. The molecule has 1 atom stereocenters. The average molecular weight is 363 g/mol. The molecule has 0 saturated carbocycles. The van der Waals surface area contributed by atoms with Gasteiger partial charge in [0.25, 0.3) is 0 Å². The second kappa shape index (κ2) is 8.10. The maximum Gasteiger partial charge on any atom is 0.307 e. The molecule has 27 heavy (non-hydrogen) atoms. The first-order chi connectivity index (χ1) is 13.2. The summed E-state index contributed by atoms with van der Waals surface area (Å²) in [5, 5.41) is 9.30. The average Bonchev–Trinajstić information content (AvgIpc) is 2.86. The van der Waals surface area contributed by atoms with E-state index < -0.39 is 5.97 Å². The van der Waals surface area contributed by atoms with Crippen LogP contribution < -0.4 is 0 Å². The fourth-order valence-electron chi connectivity index (χ4n) is 4.49. The van der Waals surface area contributed by atoms with Gasteiger partial charge in [0.15, 0.2) is 0 Å². The van der Waals surface area contributed by atoms with Gasteiger partial charge in [-0.05, 0) is 66.5 Å². The van der Waals surface area contributed by atoms with Gasteiger partial charge < -0.3 is 10.0 Å². The summed E-state index contributed by atoms with van der Waals surface area (Å²) in [6, 6.07) is 17.5. The zero-order valence-corrected chi connectivity index (χ0v) is 15.7. The number of benzene rings is 2. The third kappa shape index (κ3) is 3.98. The molecule has 3 nitrogen and oxygen atoms in total. The molecule has 2 aliphatic rings. The zero-order valence-electron chi connectivity index (χ0n) is 15.7. The van der Waals surface area contributed by atoms with E-state index >= 15 is 0 Å². The van der Waals surface area contributed by atoms with E-state index in [9.17, 15) is 9.90 Å². The lowest BCUT2D eigenvalue weighted by Gasteiger charge is -2.30. The summed E-state index contributed by atoms with van der Waals surface area (Å²) in [7, 11) is 0. The van der Waals surface area contributed by atoms with E-state index in [0.29, 0.717) is 6.54 Å². The van der Waals surface area contributed by atoms with E-state index in [0.717, 1.165) is 45.2 Å². The molecule has 1 N–H and O–H groups in total. The minimum atomic E-state index is -0.648. The fourth-order valence-corrected chi connectivity index (χ4v) is 4.49. The van der Waals surface area contributed by atoms with Gasteiger partial charge in [-0.15, -0.1) is 0 Å². The van der Waals surface area contributed by atoms with Crippen LogP contribution in [0, 0.1) is 5.92 Å². The second-order valence-corrected chi connectivity index (χ2v) is 7.70. The highest BCUT2D eigenvalue weighted by molar-refractivity contribution is 5.83. The van der Waals surface area contributed by atoms with Crippen LogP contribution in [0.1, 0.15) is 41.5 Å². The monoisotopic (exact) mass is 363 g/mol. The van der Waals surface area contributed by atoms with Crippen LogP contribution in [0.25, 0.3) is 5.57 Å². The molecule has 2 aromatic carbocycles. The van der Waals surface area contributed by atoms with Crippen molar-refractivity contribution in [2.75, 3.05) is 19.6 Å². The van der Waals surface area contributed by atoms with Crippen LogP contribution in [0.3, 0.4) is 0 Å². The topological polar surface area (TPSA) is 40.5 Å². The van der Waals surface area contributed by atoms with E-state index in [1.807, 2.05) is 0 Å². The van der Waals surface area contributed by atoms with Crippen molar-refractivity contribution in [1.29, 1.82) is 0 Å². The smallest absolute Gasteiger partial charge is 0.307 e. The van der Waals surface area contributed by atoms with Crippen molar-refractivity contribution in [3.8, 4) is 0 Å². The fraction of sp³-hybridized carbons (Fsp3) is 0.375. The molecule has 1 fully saturated rings. The number of rotatable bonds is 4. The zero-order chi connectivity index (χ0) is 18.6. The predicted molar refractivity (Wildman–Crippen MR) is 109 cm³/mol. The van der Waals surface area contributed by atoms with Crippen molar-refractivity contribution in [3.05, 3.63) is 76.9 Å². The van der Waals surface area contributed by atoms with Crippen LogP contribution in [0.15, 0.2) is 54.6 Å². The number of hydrogen-bond donors (Lipinski definition) is 1. The first-order valence-corrected chi connectivity index (χ1v) is 10.0. The maximum atomic E-state index is 11.3. The first-order valence-electron chi connectivity index (χ1n) is 10.0. The highest BCUT2D eigenvalue weighted by atomic mass is 16.6. The van der Waals surface area contributed by atoms with Gasteiger partial charge in [0, 0.05) is 13.1 Å². The van der Waals surface area contributed by atoms with Gasteiger partial charge in [0.05, 0.1) is 5.92 Å². The lowest BCUT2D eigenvalue weighted by Crippen LogP contribution is -2.39. The number of fused-ring (bicyclic) bond motifs is 2. The summed E-state index contributed by atoms with van der Waals surface area (Å²) >= 11 is 0. The Balaban J connectivity index is 1.56. The van der Waals surface area contributed by atoms with Gasteiger partial charge >= 0.3 is 5.97 Å². The summed E-state index contributed by atoms with van der Waals surface area (Å²) in [5.41, 5.74) is 6.88. The Labute approximate surface area is 161 Å². The summed E-state index contributed by atoms with van der Waals surface area (Å²) in [6.07, 6.45) is 7.28. The number of likely N-dealkylation sites (tertiary alicyclic amines) is 1. The first kappa shape index (κ1) is 18.0. The van der Waals surface area contributed by atoms with Crippen LogP contribution >= 0.6 is 0 Å². The lowest BCUT2D eigenvalue weighted by molar-refractivity contribution is -0.143. The summed E-state index contributed by atoms with van der Waals surface area (Å²) in [5.74, 6) is -0.851. The number of carbonyl (C=O) groups is 1. The van der Waals surface area contributed by atoms with Gasteiger partial charge in [-0.2, -0.15) is 0 Å². The quantitative estimate of drug-likeness (QED) is 0.875. The second-order valence-electron chi connectivity index (χ2n) is 7.70. The molecule has 1 heterocycles. The van der Waals surface area contributed by atoms with E-state index in [1.54, 1.807) is 0 Å². The summed E-state index contributed by atoms with van der Waals surface area (Å²) in [6.45, 7) is 2.63. The standard InChI is InChI=1S/C24H27NO2/c26-24(27)20-9-5-15-25(17-20)16-6-12-23-21-10-3-1-7-18(21)13-14-19-8-2-4-11-22(19)23/h1-4,7-8,10-12,20H,5-6,9,13-17H2,(H,26,27)/i24+2. The van der Waals surface area contributed by atoms with Crippen LogP contribution in [-0.2, 0) is 17.6 Å². The SMILES string of the molecule is O=[14C](O)C1CCCN(CCC=C2c3ccccc3CCc3ccccc32)C1. The number of piperidine rings is 1. The molecule has 0 amide bonds. The van der Waals surface area contributed by atoms with Gasteiger partial charge in [0.2, 0.25) is 0 Å². The third-order valence-electron chi connectivity index (χ3n) is 5.93. The van der Waals surface area contributed by atoms with E-state index in [1.165, 1.54) is 27.8 Å². The Bertz CT molecular complexity index is 805. The Hall–Kier alpha value is -2.39. The third-order valence-corrected chi connectivity index (χ3v) is 5.93. The van der Waals surface area contributed by atoms with Gasteiger partial charge in [-0.3, -0.25) is 4.79 Å². The van der Waals surface area contributed by atoms with Gasteiger partial charge in [-0.25, -0.2) is 0 Å². The molecule has 0 radical (unpaired) electrons. The molecule has 1 aliphatic heterocycles. The van der Waals surface area contributed by atoms with E-state index in [4.69, 9.17) is 0 Å². The molecular weight excluding hydrogens is 336 g/mol. The Kier molecular flexibility index (Phi) is 5.40.